The second kappa shape index (κ2) is 21.8. The van der Waals surface area contributed by atoms with E-state index in [4.69, 9.17) is 23.9 Å². The van der Waals surface area contributed by atoms with Gasteiger partial charge in [-0.15, -0.1) is 0 Å². The van der Waals surface area contributed by atoms with E-state index in [1.807, 2.05) is 42.2 Å². The summed E-state index contributed by atoms with van der Waals surface area (Å²) in [5.41, 5.74) is 0.612. The van der Waals surface area contributed by atoms with Gasteiger partial charge >= 0.3 is 18.0 Å². The molecule has 0 spiro atoms. The second-order valence-electron chi connectivity index (χ2n) is 13.8. The van der Waals surface area contributed by atoms with E-state index in [0.717, 1.165) is 19.3 Å². The van der Waals surface area contributed by atoms with Crippen LogP contribution in [-0.4, -0.2) is 146 Å². The van der Waals surface area contributed by atoms with Gasteiger partial charge in [-0.1, -0.05) is 43.7 Å². The van der Waals surface area contributed by atoms with Gasteiger partial charge < -0.3 is 39.0 Å². The van der Waals surface area contributed by atoms with Gasteiger partial charge in [0.1, 0.15) is 29.6 Å². The van der Waals surface area contributed by atoms with Crippen molar-refractivity contribution in [3.8, 4) is 11.4 Å². The average molecular weight is 817 g/mol. The highest BCUT2D eigenvalue weighted by Gasteiger charge is 2.40. The molecule has 18 nitrogen and oxygen atoms in total. The van der Waals surface area contributed by atoms with Crippen LogP contribution >= 0.6 is 7.44 Å². The van der Waals surface area contributed by atoms with Crippen LogP contribution in [-0.2, 0) is 37.9 Å². The van der Waals surface area contributed by atoms with Crippen LogP contribution in [0.5, 0.6) is 0 Å². The fourth-order valence-electron chi connectivity index (χ4n) is 6.37. The van der Waals surface area contributed by atoms with Crippen LogP contribution in [0.25, 0.3) is 11.4 Å². The Morgan fingerprint density at radius 2 is 1.47 bits per heavy atom. The third-order valence-corrected chi connectivity index (χ3v) is 12.0. The zero-order valence-corrected chi connectivity index (χ0v) is 34.6. The van der Waals surface area contributed by atoms with Crippen LogP contribution in [0, 0.1) is 0 Å². The Kier molecular flexibility index (Phi) is 17.2. The number of piperazine rings is 1. The molecule has 2 aliphatic heterocycles. The Morgan fingerprint density at radius 1 is 0.860 bits per heavy atom. The van der Waals surface area contributed by atoms with E-state index >= 15 is 0 Å². The Bertz CT molecular complexity index is 1700. The van der Waals surface area contributed by atoms with Gasteiger partial charge in [0, 0.05) is 58.0 Å². The van der Waals surface area contributed by atoms with Crippen molar-refractivity contribution in [2.45, 2.75) is 78.1 Å². The first kappa shape index (κ1) is 45.1. The van der Waals surface area contributed by atoms with E-state index in [1.165, 1.54) is 29.7 Å². The van der Waals surface area contributed by atoms with E-state index in [1.54, 1.807) is 21.0 Å². The lowest BCUT2D eigenvalue weighted by molar-refractivity contribution is -0.145. The molecular weight excluding hydrogens is 759 g/mol. The van der Waals surface area contributed by atoms with Gasteiger partial charge in [0.25, 0.3) is 5.91 Å². The van der Waals surface area contributed by atoms with Crippen molar-refractivity contribution in [2.75, 3.05) is 77.3 Å². The second-order valence-corrected chi connectivity index (χ2v) is 16.2. The molecule has 2 unspecified atom stereocenters. The number of carbonyl (C=O) groups is 5. The Morgan fingerprint density at radius 3 is 2.04 bits per heavy atom. The molecule has 0 saturated carbocycles. The normalized spacial score (nSPS) is 18.2. The molecule has 3 heterocycles. The maximum absolute atomic E-state index is 14.9. The maximum Gasteiger partial charge on any atom is 0.409 e. The molecule has 0 bridgehead atoms. The molecule has 2 saturated heterocycles. The maximum atomic E-state index is 14.9. The predicted octanol–water partition coefficient (Wildman–Crippen LogP) is 2.82. The van der Waals surface area contributed by atoms with Gasteiger partial charge in [0.05, 0.1) is 32.1 Å². The van der Waals surface area contributed by atoms with Gasteiger partial charge in [0.15, 0.2) is 5.82 Å². The minimum Gasteiger partial charge on any atom is -0.465 e. The number of ether oxygens (including phenoxy) is 4. The quantitative estimate of drug-likeness (QED) is 0.0806. The molecule has 1 aromatic carbocycles. The van der Waals surface area contributed by atoms with Crippen LogP contribution < -0.4 is 20.4 Å². The number of hydrogen-bond acceptors (Lipinski definition) is 13. The Hall–Kier alpha value is -4.64. The molecule has 0 radical (unpaired) electrons. The zero-order chi connectivity index (χ0) is 41.5. The van der Waals surface area contributed by atoms with Gasteiger partial charge in [-0.25, -0.2) is 24.9 Å². The minimum atomic E-state index is -4.14. The number of carbonyl (C=O) groups excluding carboxylic acids is 5. The largest absolute Gasteiger partial charge is 0.465 e. The Labute approximate surface area is 334 Å². The lowest BCUT2D eigenvalue weighted by Gasteiger charge is -2.37. The molecule has 2 aromatic rings. The summed E-state index contributed by atoms with van der Waals surface area (Å²) < 4.78 is 36.1. The lowest BCUT2D eigenvalue weighted by atomic mass is 10.2. The van der Waals surface area contributed by atoms with Gasteiger partial charge in [-0.2, -0.15) is 0 Å². The molecule has 1 aromatic heterocycles. The zero-order valence-electron chi connectivity index (χ0n) is 33.7. The first-order valence-electron chi connectivity index (χ1n) is 19.5. The van der Waals surface area contributed by atoms with Crippen LogP contribution in [0.3, 0.4) is 0 Å². The standard InChI is InChI=1S/C38H57N8O10P/c1-7-10-22-56-38(51)45-20-18-44(19-21-45)35(48)31(25-57(52,42-26(4)36(49)54-8-2)43-27(5)37(50)55-9-3)40-34(47)30-23-32(46-17-16-29(24-46)53-6)41-33(39-30)28-14-12-11-13-15-28/h11-15,23,26-27,29,31H,7-10,16-22,24-25H2,1-6H3,(H,40,47)(H2,42,43,52)/t26-,27+,29-,31?,57?/m0/s1. The molecule has 0 aliphatic carbocycles. The average Bonchev–Trinajstić information content (AvgIpc) is 3.70. The highest BCUT2D eigenvalue weighted by Crippen LogP contribution is 2.39. The van der Waals surface area contributed by atoms with Crippen LogP contribution in [0.15, 0.2) is 36.4 Å². The van der Waals surface area contributed by atoms with Crippen molar-refractivity contribution in [2.24, 2.45) is 0 Å². The number of benzene rings is 1. The summed E-state index contributed by atoms with van der Waals surface area (Å²) >= 11 is 0. The van der Waals surface area contributed by atoms with Crippen molar-refractivity contribution in [1.82, 2.24) is 35.3 Å². The summed E-state index contributed by atoms with van der Waals surface area (Å²) in [4.78, 5) is 81.2. The number of esters is 2. The monoisotopic (exact) mass is 816 g/mol. The highest BCUT2D eigenvalue weighted by molar-refractivity contribution is 7.60. The van der Waals surface area contributed by atoms with Gasteiger partial charge in [0.2, 0.25) is 13.4 Å². The molecule has 3 amide bonds. The molecule has 2 fully saturated rings. The molecule has 5 atom stereocenters. The number of nitrogens with zero attached hydrogens (tertiary/aromatic N) is 5. The molecule has 57 heavy (non-hydrogen) atoms. The van der Waals surface area contributed by atoms with Crippen molar-refractivity contribution in [3.63, 3.8) is 0 Å². The van der Waals surface area contributed by atoms with Crippen molar-refractivity contribution in [1.29, 1.82) is 0 Å². The first-order valence-corrected chi connectivity index (χ1v) is 21.4. The van der Waals surface area contributed by atoms with E-state index in [0.29, 0.717) is 24.5 Å². The number of hydrogen-bond donors (Lipinski definition) is 3. The third kappa shape index (κ3) is 12.9. The molecule has 2 aliphatic rings. The number of unbranched alkanes of at least 4 members (excludes halogenated alkanes) is 1. The smallest absolute Gasteiger partial charge is 0.409 e. The third-order valence-electron chi connectivity index (χ3n) is 9.48. The fourth-order valence-corrected chi connectivity index (χ4v) is 8.87. The number of methoxy groups -OCH3 is 1. The number of aromatic nitrogens is 2. The van der Waals surface area contributed by atoms with E-state index in [-0.39, 0.29) is 63.6 Å². The van der Waals surface area contributed by atoms with Crippen LogP contribution in [0.2, 0.25) is 0 Å². The molecule has 3 N–H and O–H groups in total. The first-order chi connectivity index (χ1) is 27.3. The number of anilines is 1. The van der Waals surface area contributed by atoms with Crippen LogP contribution in [0.4, 0.5) is 10.6 Å². The predicted molar refractivity (Wildman–Crippen MR) is 212 cm³/mol. The summed E-state index contributed by atoms with van der Waals surface area (Å²) in [7, 11) is -2.50. The van der Waals surface area contributed by atoms with Gasteiger partial charge in [-0.3, -0.25) is 23.7 Å². The van der Waals surface area contributed by atoms with Gasteiger partial charge in [-0.05, 0) is 40.5 Å². The molecule has 4 rings (SSSR count). The molecular formula is C38H57N8O10P. The SMILES string of the molecule is CCCCOC(=O)N1CCN(C(=O)C(CP(=O)(N[C@@H](C)C(=O)OCC)N[C@H](C)C(=O)OCC)NC(=O)c2cc(N3CC[C@H](OC)C3)nc(-c3ccccc3)n2)CC1. The summed E-state index contributed by atoms with van der Waals surface area (Å²) in [5, 5.41) is 8.31. The van der Waals surface area contributed by atoms with E-state index in [9.17, 15) is 28.5 Å². The lowest BCUT2D eigenvalue weighted by Crippen LogP contribution is -2.57. The summed E-state index contributed by atoms with van der Waals surface area (Å²) in [6, 6.07) is 6.92. The molecule has 19 heteroatoms. The minimum absolute atomic E-state index is 0.0266. The number of rotatable bonds is 19. The summed E-state index contributed by atoms with van der Waals surface area (Å²) in [6.07, 6.45) is 1.26. The van der Waals surface area contributed by atoms with E-state index in [2.05, 4.69) is 20.5 Å². The highest BCUT2D eigenvalue weighted by atomic mass is 31.2. The molecule has 314 valence electrons. The number of nitrogens with one attached hydrogen (secondary N) is 3. The summed E-state index contributed by atoms with van der Waals surface area (Å²) in [5.74, 6) is -2.01. The Balaban J connectivity index is 1.70. The van der Waals surface area contributed by atoms with Crippen molar-refractivity contribution in [3.05, 3.63) is 42.1 Å². The van der Waals surface area contributed by atoms with Crippen molar-refractivity contribution >= 4 is 43.1 Å². The topological polar surface area (TPSA) is 211 Å². The van der Waals surface area contributed by atoms with E-state index < -0.39 is 61.6 Å². The fraction of sp³-hybridized carbons (Fsp3) is 0.605. The van der Waals surface area contributed by atoms with Crippen molar-refractivity contribution < 1.29 is 47.5 Å². The van der Waals surface area contributed by atoms with Crippen LogP contribution in [0.1, 0.15) is 64.4 Å². The number of amides is 3. The summed E-state index contributed by atoms with van der Waals surface area (Å²) in [6.45, 7) is 10.2.